The first-order valence-electron chi connectivity index (χ1n) is 3.36. The maximum atomic E-state index is 10.9. The summed E-state index contributed by atoms with van der Waals surface area (Å²) in [6, 6.07) is 0. The van der Waals surface area contributed by atoms with Crippen molar-refractivity contribution in [2.24, 2.45) is 4.99 Å². The largest absolute Gasteiger partial charge is 0.365 e. The highest BCUT2D eigenvalue weighted by molar-refractivity contribution is 6.14. The van der Waals surface area contributed by atoms with Crippen molar-refractivity contribution >= 4 is 11.5 Å². The smallest absolute Gasteiger partial charge is 0.142 e. The van der Waals surface area contributed by atoms with Crippen molar-refractivity contribution < 1.29 is 4.79 Å². The highest BCUT2D eigenvalue weighted by Crippen LogP contribution is 2.13. The number of carbonyl (C=O) groups is 1. The van der Waals surface area contributed by atoms with Crippen LogP contribution in [0, 0.1) is 0 Å². The molecule has 0 bridgehead atoms. The van der Waals surface area contributed by atoms with Crippen LogP contribution in [0.5, 0.6) is 0 Å². The average molecular weight is 136 g/mol. The van der Waals surface area contributed by atoms with Crippen molar-refractivity contribution in [1.82, 2.24) is 5.32 Å². The van der Waals surface area contributed by atoms with E-state index in [-0.39, 0.29) is 5.78 Å². The summed E-state index contributed by atoms with van der Waals surface area (Å²) >= 11 is 0. The van der Waals surface area contributed by atoms with E-state index in [0.717, 1.165) is 11.4 Å². The van der Waals surface area contributed by atoms with Gasteiger partial charge in [-0.15, -0.1) is 0 Å². The lowest BCUT2D eigenvalue weighted by atomic mass is 10.0. The molecule has 0 spiro atoms. The summed E-state index contributed by atoms with van der Waals surface area (Å²) < 4.78 is 0. The van der Waals surface area contributed by atoms with Crippen LogP contribution in [0.4, 0.5) is 0 Å². The van der Waals surface area contributed by atoms with Crippen LogP contribution in [0.3, 0.4) is 0 Å². The van der Waals surface area contributed by atoms with Crippen LogP contribution in [0.1, 0.15) is 12.8 Å². The molecule has 1 heterocycles. The van der Waals surface area contributed by atoms with Gasteiger partial charge in [0.2, 0.25) is 0 Å². The molecule has 0 aromatic heterocycles. The summed E-state index contributed by atoms with van der Waals surface area (Å²) in [5, 5.41) is 3.08. The Morgan fingerprint density at radius 3 is 3.40 bits per heavy atom. The van der Waals surface area contributed by atoms with Crippen LogP contribution in [-0.2, 0) is 4.79 Å². The lowest BCUT2D eigenvalue weighted by Gasteiger charge is -2.07. The molecule has 0 aromatic carbocycles. The van der Waals surface area contributed by atoms with Gasteiger partial charge in [-0.25, -0.2) is 0 Å². The van der Waals surface area contributed by atoms with E-state index in [0.29, 0.717) is 19.5 Å². The van der Waals surface area contributed by atoms with Crippen LogP contribution in [0.2, 0.25) is 0 Å². The molecule has 0 aromatic rings. The minimum absolute atomic E-state index is 0.270. The van der Waals surface area contributed by atoms with E-state index in [1.165, 1.54) is 0 Å². The summed E-state index contributed by atoms with van der Waals surface area (Å²) in [4.78, 5) is 15.0. The van der Waals surface area contributed by atoms with Gasteiger partial charge in [0.15, 0.2) is 0 Å². The van der Waals surface area contributed by atoms with Crippen molar-refractivity contribution in [3.63, 3.8) is 0 Å². The number of allylic oxidation sites excluding steroid dienone is 2. The van der Waals surface area contributed by atoms with Crippen molar-refractivity contribution in [3.8, 4) is 0 Å². The first-order chi connectivity index (χ1) is 4.86. The van der Waals surface area contributed by atoms with Crippen molar-refractivity contribution in [2.75, 3.05) is 6.67 Å². The number of rotatable bonds is 0. The predicted molar refractivity (Wildman–Crippen MR) is 37.8 cm³/mol. The lowest BCUT2D eigenvalue weighted by molar-refractivity contribution is -0.117. The number of nitrogens with one attached hydrogen (secondary N) is 1. The fourth-order valence-electron chi connectivity index (χ4n) is 1.22. The standard InChI is InChI=1S/C7H8N2O/c10-5-1-2-6-7(3-5)9-4-8-6/h2,8H,1,3-4H2. The molecule has 0 fully saturated rings. The number of Topliss-reactive ketones (excluding diaryl/α,β-unsaturated/α-hetero) is 1. The Morgan fingerprint density at radius 2 is 2.50 bits per heavy atom. The minimum Gasteiger partial charge on any atom is -0.365 e. The normalized spacial score (nSPS) is 23.0. The quantitative estimate of drug-likeness (QED) is 0.518. The molecule has 2 aliphatic rings. The zero-order chi connectivity index (χ0) is 6.97. The fourth-order valence-corrected chi connectivity index (χ4v) is 1.22. The molecule has 2 rings (SSSR count). The summed E-state index contributed by atoms with van der Waals surface area (Å²) in [6.07, 6.45) is 3.01. The van der Waals surface area contributed by atoms with Gasteiger partial charge >= 0.3 is 0 Å². The highest BCUT2D eigenvalue weighted by atomic mass is 16.1. The van der Waals surface area contributed by atoms with Gasteiger partial charge in [0, 0.05) is 6.42 Å². The number of hydrogen-bond acceptors (Lipinski definition) is 3. The molecule has 52 valence electrons. The number of carbonyl (C=O) groups excluding carboxylic acids is 1. The second kappa shape index (κ2) is 1.94. The van der Waals surface area contributed by atoms with Crippen molar-refractivity contribution in [2.45, 2.75) is 12.8 Å². The number of hydrogen-bond donors (Lipinski definition) is 1. The second-order valence-electron chi connectivity index (χ2n) is 2.48. The van der Waals surface area contributed by atoms with Gasteiger partial charge in [-0.1, -0.05) is 6.08 Å². The van der Waals surface area contributed by atoms with E-state index in [2.05, 4.69) is 10.3 Å². The molecule has 0 saturated carbocycles. The van der Waals surface area contributed by atoms with Crippen molar-refractivity contribution in [1.29, 1.82) is 0 Å². The van der Waals surface area contributed by atoms with Gasteiger partial charge < -0.3 is 5.32 Å². The Balaban J connectivity index is 2.33. The Kier molecular flexibility index (Phi) is 1.09. The van der Waals surface area contributed by atoms with Crippen LogP contribution in [0.25, 0.3) is 0 Å². The Labute approximate surface area is 58.8 Å². The SMILES string of the molecule is O=C1CC=C2NCN=C2C1. The summed E-state index contributed by atoms with van der Waals surface area (Å²) in [5.41, 5.74) is 2.01. The van der Waals surface area contributed by atoms with E-state index in [9.17, 15) is 4.79 Å². The molecule has 1 aliphatic carbocycles. The van der Waals surface area contributed by atoms with Gasteiger partial charge in [0.1, 0.15) is 12.5 Å². The maximum absolute atomic E-state index is 10.9. The molecule has 1 aliphatic heterocycles. The van der Waals surface area contributed by atoms with E-state index < -0.39 is 0 Å². The minimum atomic E-state index is 0.270. The average Bonchev–Trinajstić information content (AvgIpc) is 2.33. The summed E-state index contributed by atoms with van der Waals surface area (Å²) in [6.45, 7) is 0.647. The zero-order valence-electron chi connectivity index (χ0n) is 5.55. The third-order valence-electron chi connectivity index (χ3n) is 1.75. The predicted octanol–water partition coefficient (Wildman–Crippen LogP) is 0.235. The zero-order valence-corrected chi connectivity index (χ0v) is 5.55. The number of nitrogens with zero attached hydrogens (tertiary/aromatic N) is 1. The molecule has 0 unspecified atom stereocenters. The second-order valence-corrected chi connectivity index (χ2v) is 2.48. The van der Waals surface area contributed by atoms with Gasteiger partial charge in [-0.05, 0) is 0 Å². The Morgan fingerprint density at radius 1 is 1.60 bits per heavy atom. The highest BCUT2D eigenvalue weighted by Gasteiger charge is 2.19. The molecule has 0 atom stereocenters. The van der Waals surface area contributed by atoms with E-state index in [4.69, 9.17) is 0 Å². The molecule has 0 radical (unpaired) electrons. The van der Waals surface area contributed by atoms with Gasteiger partial charge in [-0.2, -0.15) is 0 Å². The summed E-state index contributed by atoms with van der Waals surface area (Å²) in [7, 11) is 0. The van der Waals surface area contributed by atoms with Crippen LogP contribution in [-0.4, -0.2) is 18.2 Å². The molecule has 0 amide bonds. The first kappa shape index (κ1) is 5.65. The van der Waals surface area contributed by atoms with E-state index >= 15 is 0 Å². The Bertz CT molecular complexity index is 240. The van der Waals surface area contributed by atoms with Gasteiger partial charge in [0.25, 0.3) is 0 Å². The molecule has 0 saturated heterocycles. The Hall–Kier alpha value is -1.12. The molecule has 3 nitrogen and oxygen atoms in total. The fraction of sp³-hybridized carbons (Fsp3) is 0.429. The van der Waals surface area contributed by atoms with Crippen molar-refractivity contribution in [3.05, 3.63) is 11.8 Å². The maximum Gasteiger partial charge on any atom is 0.142 e. The summed E-state index contributed by atoms with van der Waals surface area (Å²) in [5.74, 6) is 0.270. The van der Waals surface area contributed by atoms with Crippen LogP contribution in [0.15, 0.2) is 16.8 Å². The van der Waals surface area contributed by atoms with Gasteiger partial charge in [0.05, 0.1) is 17.8 Å². The third kappa shape index (κ3) is 0.744. The van der Waals surface area contributed by atoms with E-state index in [1.54, 1.807) is 0 Å². The van der Waals surface area contributed by atoms with Gasteiger partial charge in [-0.3, -0.25) is 9.79 Å². The molecule has 1 N–H and O–H groups in total. The molecular formula is C7H8N2O. The topological polar surface area (TPSA) is 41.5 Å². The monoisotopic (exact) mass is 136 g/mol. The number of aliphatic imine (C=N–C) groups is 1. The molecule has 10 heavy (non-hydrogen) atoms. The number of ketones is 1. The molecular weight excluding hydrogens is 128 g/mol. The third-order valence-corrected chi connectivity index (χ3v) is 1.75. The molecule has 3 heteroatoms. The number of fused-ring (bicyclic) bond motifs is 1. The van der Waals surface area contributed by atoms with Crippen LogP contribution >= 0.6 is 0 Å². The lowest BCUT2D eigenvalue weighted by Crippen LogP contribution is -2.18. The van der Waals surface area contributed by atoms with E-state index in [1.807, 2.05) is 6.08 Å². The van der Waals surface area contributed by atoms with Crippen LogP contribution < -0.4 is 5.32 Å². The first-order valence-corrected chi connectivity index (χ1v) is 3.36.